The predicted molar refractivity (Wildman–Crippen MR) is 61.6 cm³/mol. The topological polar surface area (TPSA) is 68.6 Å². The first-order valence-corrected chi connectivity index (χ1v) is 5.24. The highest BCUT2D eigenvalue weighted by molar-refractivity contribution is 5.95. The minimum Gasteiger partial charge on any atom is -0.292 e. The van der Waals surface area contributed by atoms with E-state index in [9.17, 15) is 4.79 Å². The quantitative estimate of drug-likeness (QED) is 0.741. The lowest BCUT2D eigenvalue weighted by Crippen LogP contribution is -2.08. The average molecular weight is 228 g/mol. The van der Waals surface area contributed by atoms with E-state index in [-0.39, 0.29) is 12.2 Å². The lowest BCUT2D eigenvalue weighted by atomic mass is 10.2. The number of carbonyl (C=O) groups is 1. The molecule has 86 valence electrons. The molecule has 0 aliphatic rings. The Morgan fingerprint density at radius 3 is 2.53 bits per heavy atom. The Bertz CT molecular complexity index is 536. The Hall–Kier alpha value is -2.17. The monoisotopic (exact) mass is 228 g/mol. The van der Waals surface area contributed by atoms with Crippen molar-refractivity contribution in [2.45, 2.75) is 20.3 Å². The van der Waals surface area contributed by atoms with Crippen LogP contribution in [0, 0.1) is 13.8 Å². The summed E-state index contributed by atoms with van der Waals surface area (Å²) in [5, 5.41) is 0. The second-order valence-electron chi connectivity index (χ2n) is 3.79. The van der Waals surface area contributed by atoms with Crippen LogP contribution in [0.3, 0.4) is 0 Å². The molecule has 0 saturated heterocycles. The van der Waals surface area contributed by atoms with Gasteiger partial charge in [0.05, 0.1) is 29.7 Å². The zero-order valence-corrected chi connectivity index (χ0v) is 9.71. The fourth-order valence-corrected chi connectivity index (χ4v) is 1.39. The van der Waals surface area contributed by atoms with Gasteiger partial charge in [-0.25, -0.2) is 4.98 Å². The van der Waals surface area contributed by atoms with Crippen molar-refractivity contribution in [3.05, 3.63) is 47.6 Å². The van der Waals surface area contributed by atoms with Gasteiger partial charge in [-0.2, -0.15) is 0 Å². The largest absolute Gasteiger partial charge is 0.292 e. The summed E-state index contributed by atoms with van der Waals surface area (Å²) in [6.45, 7) is 3.67. The first-order valence-electron chi connectivity index (χ1n) is 5.24. The van der Waals surface area contributed by atoms with Gasteiger partial charge >= 0.3 is 0 Å². The van der Waals surface area contributed by atoms with Crippen LogP contribution in [0.4, 0.5) is 0 Å². The molecule has 0 fully saturated rings. The normalized spacial score (nSPS) is 10.2. The van der Waals surface area contributed by atoms with E-state index in [2.05, 4.69) is 19.9 Å². The maximum atomic E-state index is 11.9. The minimum atomic E-state index is -0.0996. The summed E-state index contributed by atoms with van der Waals surface area (Å²) in [6.07, 6.45) is 6.51. The second-order valence-corrected chi connectivity index (χ2v) is 3.79. The molecule has 2 aromatic rings. The summed E-state index contributed by atoms with van der Waals surface area (Å²) in [6, 6.07) is 0. The zero-order valence-electron chi connectivity index (χ0n) is 9.71. The van der Waals surface area contributed by atoms with Gasteiger partial charge < -0.3 is 0 Å². The maximum absolute atomic E-state index is 11.9. The number of ketones is 1. The number of nitrogens with zero attached hydrogens (tertiary/aromatic N) is 4. The SMILES string of the molecule is Cc1cnc(C(=O)Cc2cncc(C)n2)cn1. The van der Waals surface area contributed by atoms with E-state index < -0.39 is 0 Å². The Balaban J connectivity index is 2.14. The Labute approximate surface area is 99.0 Å². The van der Waals surface area contributed by atoms with Crippen LogP contribution >= 0.6 is 0 Å². The summed E-state index contributed by atoms with van der Waals surface area (Å²) in [7, 11) is 0. The van der Waals surface area contributed by atoms with Crippen molar-refractivity contribution in [1.82, 2.24) is 19.9 Å². The molecule has 0 atom stereocenters. The molecule has 0 aliphatic heterocycles. The number of carbonyl (C=O) groups excluding carboxylic acids is 1. The van der Waals surface area contributed by atoms with Crippen molar-refractivity contribution in [1.29, 1.82) is 0 Å². The molecule has 0 radical (unpaired) electrons. The van der Waals surface area contributed by atoms with E-state index in [1.165, 1.54) is 6.20 Å². The molecule has 0 unspecified atom stereocenters. The second kappa shape index (κ2) is 4.78. The maximum Gasteiger partial charge on any atom is 0.188 e. The van der Waals surface area contributed by atoms with Gasteiger partial charge in [0.15, 0.2) is 5.78 Å². The summed E-state index contributed by atoms with van der Waals surface area (Å²) < 4.78 is 0. The predicted octanol–water partition coefficient (Wildman–Crippen LogP) is 1.31. The molecular formula is C12H12N4O. The van der Waals surface area contributed by atoms with Crippen molar-refractivity contribution < 1.29 is 4.79 Å². The number of aryl methyl sites for hydroxylation is 2. The van der Waals surface area contributed by atoms with Crippen LogP contribution in [0.2, 0.25) is 0 Å². The van der Waals surface area contributed by atoms with Gasteiger partial charge in [-0.1, -0.05) is 0 Å². The lowest BCUT2D eigenvalue weighted by molar-refractivity contribution is 0.0986. The number of Topliss-reactive ketones (excluding diaryl/α,β-unsaturated/α-hetero) is 1. The molecule has 0 amide bonds. The van der Waals surface area contributed by atoms with E-state index in [1.54, 1.807) is 18.6 Å². The van der Waals surface area contributed by atoms with Crippen LogP contribution in [0.5, 0.6) is 0 Å². The number of aromatic nitrogens is 4. The zero-order chi connectivity index (χ0) is 12.3. The Morgan fingerprint density at radius 2 is 1.88 bits per heavy atom. The van der Waals surface area contributed by atoms with E-state index in [0.717, 1.165) is 11.4 Å². The third-order valence-electron chi connectivity index (χ3n) is 2.21. The molecule has 5 nitrogen and oxygen atoms in total. The minimum absolute atomic E-state index is 0.0996. The van der Waals surface area contributed by atoms with Crippen molar-refractivity contribution in [2.24, 2.45) is 0 Å². The molecule has 0 bridgehead atoms. The van der Waals surface area contributed by atoms with E-state index in [0.29, 0.717) is 11.4 Å². The fourth-order valence-electron chi connectivity index (χ4n) is 1.39. The van der Waals surface area contributed by atoms with Crippen LogP contribution in [-0.4, -0.2) is 25.7 Å². The highest BCUT2D eigenvalue weighted by atomic mass is 16.1. The van der Waals surface area contributed by atoms with Crippen molar-refractivity contribution in [3.63, 3.8) is 0 Å². The summed E-state index contributed by atoms with van der Waals surface area (Å²) in [4.78, 5) is 28.2. The van der Waals surface area contributed by atoms with Crippen LogP contribution in [0.1, 0.15) is 27.6 Å². The van der Waals surface area contributed by atoms with Gasteiger partial charge in [0, 0.05) is 18.6 Å². The molecule has 5 heteroatoms. The third-order valence-corrected chi connectivity index (χ3v) is 2.21. The molecular weight excluding hydrogens is 216 g/mol. The molecule has 0 N–H and O–H groups in total. The van der Waals surface area contributed by atoms with Crippen molar-refractivity contribution in [2.75, 3.05) is 0 Å². The highest BCUT2D eigenvalue weighted by Gasteiger charge is 2.10. The van der Waals surface area contributed by atoms with Crippen LogP contribution < -0.4 is 0 Å². The molecule has 2 rings (SSSR count). The smallest absolute Gasteiger partial charge is 0.188 e. The molecule has 2 heterocycles. The Kier molecular flexibility index (Phi) is 3.18. The molecule has 0 aromatic carbocycles. The van der Waals surface area contributed by atoms with E-state index >= 15 is 0 Å². The number of hydrogen-bond donors (Lipinski definition) is 0. The van der Waals surface area contributed by atoms with Gasteiger partial charge in [0.2, 0.25) is 0 Å². The fraction of sp³-hybridized carbons (Fsp3) is 0.250. The summed E-state index contributed by atoms with van der Waals surface area (Å²) in [5.74, 6) is -0.0996. The first kappa shape index (κ1) is 11.3. The first-order chi connectivity index (χ1) is 8.15. The van der Waals surface area contributed by atoms with E-state index in [1.807, 2.05) is 13.8 Å². The van der Waals surface area contributed by atoms with Gasteiger partial charge in [-0.3, -0.25) is 19.7 Å². The lowest BCUT2D eigenvalue weighted by Gasteiger charge is -2.00. The standard InChI is InChI=1S/C12H12N4O/c1-8-5-15-11(7-14-8)12(17)3-10-6-13-4-9(2)16-10/h4-7H,3H2,1-2H3. The van der Waals surface area contributed by atoms with Crippen molar-refractivity contribution >= 4 is 5.78 Å². The number of hydrogen-bond acceptors (Lipinski definition) is 5. The van der Waals surface area contributed by atoms with Gasteiger partial charge in [-0.15, -0.1) is 0 Å². The van der Waals surface area contributed by atoms with Gasteiger partial charge in [0.25, 0.3) is 0 Å². The molecule has 0 saturated carbocycles. The van der Waals surface area contributed by atoms with Gasteiger partial charge in [0.1, 0.15) is 5.69 Å². The van der Waals surface area contributed by atoms with E-state index in [4.69, 9.17) is 0 Å². The van der Waals surface area contributed by atoms with Crippen LogP contribution in [0.15, 0.2) is 24.8 Å². The molecule has 17 heavy (non-hydrogen) atoms. The summed E-state index contributed by atoms with van der Waals surface area (Å²) >= 11 is 0. The van der Waals surface area contributed by atoms with Gasteiger partial charge in [-0.05, 0) is 13.8 Å². The van der Waals surface area contributed by atoms with Crippen LogP contribution in [0.25, 0.3) is 0 Å². The molecule has 0 aliphatic carbocycles. The summed E-state index contributed by atoms with van der Waals surface area (Å²) in [5.41, 5.74) is 2.60. The number of rotatable bonds is 3. The van der Waals surface area contributed by atoms with Crippen LogP contribution in [-0.2, 0) is 6.42 Å². The Morgan fingerprint density at radius 1 is 1.06 bits per heavy atom. The van der Waals surface area contributed by atoms with Crippen molar-refractivity contribution in [3.8, 4) is 0 Å². The molecule has 0 spiro atoms. The molecule has 2 aromatic heterocycles. The average Bonchev–Trinajstić information content (AvgIpc) is 2.29. The third kappa shape index (κ3) is 2.90. The highest BCUT2D eigenvalue weighted by Crippen LogP contribution is 2.02.